The van der Waals surface area contributed by atoms with Crippen LogP contribution in [0.5, 0.6) is 0 Å². The number of hydrazone groups is 2. The van der Waals surface area contributed by atoms with E-state index in [2.05, 4.69) is 20.2 Å². The summed E-state index contributed by atoms with van der Waals surface area (Å²) in [7, 11) is 0. The van der Waals surface area contributed by atoms with Crippen molar-refractivity contribution in [3.05, 3.63) is 0 Å². The van der Waals surface area contributed by atoms with Gasteiger partial charge in [-0.1, -0.05) is 0 Å². The summed E-state index contributed by atoms with van der Waals surface area (Å²) in [6.45, 7) is 10.5. The highest BCUT2D eigenvalue weighted by molar-refractivity contribution is 6.40. The van der Waals surface area contributed by atoms with Gasteiger partial charge in [0.1, 0.15) is 0 Å². The van der Waals surface area contributed by atoms with Crippen molar-refractivity contribution >= 4 is 11.4 Å². The summed E-state index contributed by atoms with van der Waals surface area (Å²) in [5.41, 5.74) is 1.95. The molecule has 0 saturated carbocycles. The Labute approximate surface area is 108 Å². The van der Waals surface area contributed by atoms with E-state index in [0.29, 0.717) is 0 Å². The lowest BCUT2D eigenvalue weighted by molar-refractivity contribution is 0.0386. The molecule has 18 heavy (non-hydrogen) atoms. The summed E-state index contributed by atoms with van der Waals surface area (Å²) in [5.74, 6) is 0. The molecule has 2 saturated heterocycles. The fraction of sp³-hybridized carbons (Fsp3) is 0.833. The second kappa shape index (κ2) is 6.70. The number of nitrogens with zero attached hydrogens (tertiary/aromatic N) is 4. The van der Waals surface area contributed by atoms with E-state index in [4.69, 9.17) is 9.47 Å². The van der Waals surface area contributed by atoms with Gasteiger partial charge >= 0.3 is 0 Å². The number of rotatable bonds is 3. The molecule has 2 heterocycles. The highest BCUT2D eigenvalue weighted by atomic mass is 16.5. The van der Waals surface area contributed by atoms with Crippen LogP contribution in [0.2, 0.25) is 0 Å². The molecule has 6 heteroatoms. The largest absolute Gasteiger partial charge is 0.378 e. The first-order chi connectivity index (χ1) is 8.75. The number of ether oxygens (including phenoxy) is 2. The molecule has 0 amide bonds. The van der Waals surface area contributed by atoms with Crippen LogP contribution >= 0.6 is 0 Å². The maximum Gasteiger partial charge on any atom is 0.0803 e. The zero-order valence-electron chi connectivity index (χ0n) is 11.3. The minimum atomic E-state index is 0.760. The lowest BCUT2D eigenvalue weighted by Crippen LogP contribution is -2.35. The molecule has 0 aromatic heterocycles. The van der Waals surface area contributed by atoms with Crippen LogP contribution in [0.15, 0.2) is 10.2 Å². The van der Waals surface area contributed by atoms with E-state index < -0.39 is 0 Å². The number of hydrogen-bond donors (Lipinski definition) is 0. The van der Waals surface area contributed by atoms with Crippen molar-refractivity contribution in [2.75, 3.05) is 52.6 Å². The van der Waals surface area contributed by atoms with Crippen LogP contribution in [0.1, 0.15) is 13.8 Å². The average Bonchev–Trinajstić information content (AvgIpc) is 2.41. The molecule has 0 spiro atoms. The van der Waals surface area contributed by atoms with Crippen molar-refractivity contribution in [1.29, 1.82) is 0 Å². The first kappa shape index (κ1) is 13.3. The van der Waals surface area contributed by atoms with E-state index in [0.717, 1.165) is 64.0 Å². The predicted octanol–water partition coefficient (Wildman–Crippen LogP) is 0.403. The first-order valence-electron chi connectivity index (χ1n) is 6.52. The Morgan fingerprint density at radius 3 is 1.39 bits per heavy atom. The van der Waals surface area contributed by atoms with Gasteiger partial charge in [-0.15, -0.1) is 0 Å². The van der Waals surface area contributed by atoms with Crippen LogP contribution in [0.4, 0.5) is 0 Å². The van der Waals surface area contributed by atoms with Gasteiger partial charge in [0.2, 0.25) is 0 Å². The lowest BCUT2D eigenvalue weighted by Gasteiger charge is -2.26. The Hall–Kier alpha value is -1.14. The molecule has 102 valence electrons. The van der Waals surface area contributed by atoms with Gasteiger partial charge in [-0.2, -0.15) is 10.2 Å². The third-order valence-electron chi connectivity index (χ3n) is 3.08. The van der Waals surface area contributed by atoms with E-state index >= 15 is 0 Å². The third-order valence-corrected chi connectivity index (χ3v) is 3.08. The van der Waals surface area contributed by atoms with E-state index in [9.17, 15) is 0 Å². The van der Waals surface area contributed by atoms with Gasteiger partial charge in [0.25, 0.3) is 0 Å². The van der Waals surface area contributed by atoms with Crippen molar-refractivity contribution in [1.82, 2.24) is 10.0 Å². The summed E-state index contributed by atoms with van der Waals surface area (Å²) >= 11 is 0. The summed E-state index contributed by atoms with van der Waals surface area (Å²) in [6.07, 6.45) is 0. The van der Waals surface area contributed by atoms with Gasteiger partial charge in [-0.25, -0.2) is 0 Å². The summed E-state index contributed by atoms with van der Waals surface area (Å²) in [4.78, 5) is 0. The third kappa shape index (κ3) is 3.96. The zero-order valence-corrected chi connectivity index (χ0v) is 11.3. The molecule has 0 unspecified atom stereocenters. The van der Waals surface area contributed by atoms with E-state index in [1.54, 1.807) is 0 Å². The molecule has 0 aromatic carbocycles. The van der Waals surface area contributed by atoms with E-state index in [1.807, 2.05) is 13.8 Å². The quantitative estimate of drug-likeness (QED) is 0.684. The molecule has 0 bridgehead atoms. The van der Waals surface area contributed by atoms with Crippen LogP contribution in [0.25, 0.3) is 0 Å². The SMILES string of the molecule is CC(=NN1CCOCC1)C(C)=NN1CCOCC1. The second-order valence-electron chi connectivity index (χ2n) is 4.50. The first-order valence-corrected chi connectivity index (χ1v) is 6.52. The Morgan fingerprint density at radius 2 is 1.06 bits per heavy atom. The van der Waals surface area contributed by atoms with Crippen LogP contribution in [0.3, 0.4) is 0 Å². The fourth-order valence-electron chi connectivity index (χ4n) is 1.88. The van der Waals surface area contributed by atoms with Crippen LogP contribution in [-0.4, -0.2) is 74.0 Å². The van der Waals surface area contributed by atoms with Crippen LogP contribution < -0.4 is 0 Å². The molecule has 0 radical (unpaired) electrons. The molecule has 0 aliphatic carbocycles. The summed E-state index contributed by atoms with van der Waals surface area (Å²) in [6, 6.07) is 0. The molecule has 0 N–H and O–H groups in total. The molecule has 2 aliphatic rings. The molecular formula is C12H22N4O2. The maximum absolute atomic E-state index is 5.30. The second-order valence-corrected chi connectivity index (χ2v) is 4.50. The van der Waals surface area contributed by atoms with Crippen LogP contribution in [-0.2, 0) is 9.47 Å². The molecular weight excluding hydrogens is 232 g/mol. The van der Waals surface area contributed by atoms with Gasteiger partial charge in [0.15, 0.2) is 0 Å². The Bertz CT molecular complexity index is 286. The maximum atomic E-state index is 5.30. The van der Waals surface area contributed by atoms with Gasteiger partial charge < -0.3 is 9.47 Å². The molecule has 6 nitrogen and oxygen atoms in total. The highest BCUT2D eigenvalue weighted by Crippen LogP contribution is 2.01. The topological polar surface area (TPSA) is 49.7 Å². The van der Waals surface area contributed by atoms with Gasteiger partial charge in [-0.05, 0) is 13.8 Å². The van der Waals surface area contributed by atoms with Crippen molar-refractivity contribution < 1.29 is 9.47 Å². The minimum Gasteiger partial charge on any atom is -0.378 e. The monoisotopic (exact) mass is 254 g/mol. The normalized spacial score (nSPS) is 23.4. The number of morpholine rings is 2. The number of hydrogen-bond acceptors (Lipinski definition) is 6. The van der Waals surface area contributed by atoms with Crippen molar-refractivity contribution in [2.45, 2.75) is 13.8 Å². The van der Waals surface area contributed by atoms with Gasteiger partial charge in [0.05, 0.1) is 64.0 Å². The highest BCUT2D eigenvalue weighted by Gasteiger charge is 2.11. The Kier molecular flexibility index (Phi) is 4.95. The standard InChI is InChI=1S/C12H22N4O2/c1-11(13-15-3-7-17-8-4-15)12(2)14-16-5-9-18-10-6-16/h3-10H2,1-2H3. The molecule has 2 fully saturated rings. The molecule has 0 aromatic rings. The average molecular weight is 254 g/mol. The lowest BCUT2D eigenvalue weighted by atomic mass is 10.3. The van der Waals surface area contributed by atoms with Crippen molar-refractivity contribution in [3.63, 3.8) is 0 Å². The zero-order chi connectivity index (χ0) is 12.8. The summed E-state index contributed by atoms with van der Waals surface area (Å²) in [5, 5.41) is 13.3. The molecule has 2 aliphatic heterocycles. The minimum absolute atomic E-state index is 0.760. The molecule has 0 atom stereocenters. The smallest absolute Gasteiger partial charge is 0.0803 e. The van der Waals surface area contributed by atoms with Crippen LogP contribution in [0, 0.1) is 0 Å². The molecule has 2 rings (SSSR count). The van der Waals surface area contributed by atoms with Crippen molar-refractivity contribution in [2.24, 2.45) is 10.2 Å². The predicted molar refractivity (Wildman–Crippen MR) is 71.0 cm³/mol. The fourth-order valence-corrected chi connectivity index (χ4v) is 1.88. The van der Waals surface area contributed by atoms with Gasteiger partial charge in [0, 0.05) is 0 Å². The van der Waals surface area contributed by atoms with E-state index in [-0.39, 0.29) is 0 Å². The van der Waals surface area contributed by atoms with Crippen molar-refractivity contribution in [3.8, 4) is 0 Å². The summed E-state index contributed by atoms with van der Waals surface area (Å²) < 4.78 is 10.6. The Balaban J connectivity index is 1.91. The van der Waals surface area contributed by atoms with Gasteiger partial charge in [-0.3, -0.25) is 10.0 Å². The van der Waals surface area contributed by atoms with E-state index in [1.165, 1.54) is 0 Å². The Morgan fingerprint density at radius 1 is 0.722 bits per heavy atom.